The SMILES string of the molecule is C[Si](C)(C)Oc1nc(O[Si](C)(C)C)c2nc(-c3ccccc3)c(-c3ccccc3)nc2n1. The molecule has 4 aromatic rings. The number of hydrogen-bond donors (Lipinski definition) is 0. The van der Waals surface area contributed by atoms with E-state index < -0.39 is 16.6 Å². The molecule has 0 aliphatic heterocycles. The molecule has 0 saturated heterocycles. The Bertz CT molecular complexity index is 1240. The van der Waals surface area contributed by atoms with Crippen molar-refractivity contribution < 1.29 is 8.85 Å². The van der Waals surface area contributed by atoms with E-state index >= 15 is 0 Å². The maximum Gasteiger partial charge on any atom is 0.308 e. The van der Waals surface area contributed by atoms with Gasteiger partial charge in [-0.3, -0.25) is 0 Å². The fourth-order valence-electron chi connectivity index (χ4n) is 3.18. The van der Waals surface area contributed by atoms with Crippen molar-refractivity contribution in [1.82, 2.24) is 19.9 Å². The lowest BCUT2D eigenvalue weighted by Crippen LogP contribution is -2.32. The largest absolute Gasteiger partial charge is 0.530 e. The molecule has 0 aliphatic rings. The van der Waals surface area contributed by atoms with E-state index in [1.807, 2.05) is 60.7 Å². The van der Waals surface area contributed by atoms with Crippen LogP contribution < -0.4 is 8.85 Å². The minimum absolute atomic E-state index is 0.297. The van der Waals surface area contributed by atoms with Crippen molar-refractivity contribution in [3.8, 4) is 34.4 Å². The minimum Gasteiger partial charge on any atom is -0.530 e. The molecule has 0 amide bonds. The molecule has 8 heteroatoms. The van der Waals surface area contributed by atoms with E-state index in [9.17, 15) is 0 Å². The van der Waals surface area contributed by atoms with Crippen LogP contribution in [0.1, 0.15) is 0 Å². The summed E-state index contributed by atoms with van der Waals surface area (Å²) in [5.41, 5.74) is 4.50. The Kier molecular flexibility index (Phi) is 5.83. The van der Waals surface area contributed by atoms with Gasteiger partial charge in [-0.1, -0.05) is 60.7 Å². The van der Waals surface area contributed by atoms with E-state index in [0.717, 1.165) is 22.5 Å². The van der Waals surface area contributed by atoms with Gasteiger partial charge in [-0.15, -0.1) is 0 Å². The summed E-state index contributed by atoms with van der Waals surface area (Å²) >= 11 is 0. The van der Waals surface area contributed by atoms with Crippen LogP contribution in [-0.4, -0.2) is 36.6 Å². The first kappa shape index (κ1) is 22.1. The first-order valence-electron chi connectivity index (χ1n) is 10.7. The Balaban J connectivity index is 2.02. The highest BCUT2D eigenvalue weighted by Crippen LogP contribution is 2.34. The van der Waals surface area contributed by atoms with Crippen molar-refractivity contribution in [1.29, 1.82) is 0 Å². The van der Waals surface area contributed by atoms with Gasteiger partial charge in [0.15, 0.2) is 11.2 Å². The molecule has 0 bridgehead atoms. The van der Waals surface area contributed by atoms with E-state index in [1.54, 1.807) is 0 Å². The first-order chi connectivity index (χ1) is 15.1. The molecule has 32 heavy (non-hydrogen) atoms. The highest BCUT2D eigenvalue weighted by atomic mass is 28.4. The molecular weight excluding hydrogens is 432 g/mol. The molecular formula is C24H28N4O2Si2. The summed E-state index contributed by atoms with van der Waals surface area (Å²) in [5, 5.41) is 0. The van der Waals surface area contributed by atoms with Gasteiger partial charge in [0.05, 0.1) is 11.4 Å². The van der Waals surface area contributed by atoms with Crippen molar-refractivity contribution in [2.75, 3.05) is 0 Å². The summed E-state index contributed by atoms with van der Waals surface area (Å²) in [7, 11) is -3.90. The molecule has 4 rings (SSSR count). The molecule has 164 valence electrons. The minimum atomic E-state index is -1.97. The molecule has 6 nitrogen and oxygen atoms in total. The molecule has 0 atom stereocenters. The smallest absolute Gasteiger partial charge is 0.308 e. The van der Waals surface area contributed by atoms with E-state index in [4.69, 9.17) is 18.8 Å². The van der Waals surface area contributed by atoms with Crippen LogP contribution in [0.15, 0.2) is 60.7 Å². The Labute approximate surface area is 191 Å². The molecule has 0 N–H and O–H groups in total. The molecule has 0 radical (unpaired) electrons. The van der Waals surface area contributed by atoms with Gasteiger partial charge in [0, 0.05) is 11.1 Å². The summed E-state index contributed by atoms with van der Waals surface area (Å²) in [5.74, 6) is 0.437. The summed E-state index contributed by atoms with van der Waals surface area (Å²) in [6.07, 6.45) is 0. The van der Waals surface area contributed by atoms with Crippen LogP contribution in [0.5, 0.6) is 11.9 Å². The van der Waals surface area contributed by atoms with Gasteiger partial charge in [-0.2, -0.15) is 9.97 Å². The highest BCUT2D eigenvalue weighted by molar-refractivity contribution is 6.70. The normalized spacial score (nSPS) is 12.1. The predicted octanol–water partition coefficient (Wildman–Crippen LogP) is 6.18. The fraction of sp³-hybridized carbons (Fsp3) is 0.250. The Morgan fingerprint density at radius 3 is 1.56 bits per heavy atom. The van der Waals surface area contributed by atoms with Crippen molar-refractivity contribution >= 4 is 27.8 Å². The monoisotopic (exact) mass is 460 g/mol. The molecule has 2 heterocycles. The predicted molar refractivity (Wildman–Crippen MR) is 134 cm³/mol. The number of benzene rings is 2. The highest BCUT2D eigenvalue weighted by Gasteiger charge is 2.25. The maximum atomic E-state index is 6.33. The third-order valence-corrected chi connectivity index (χ3v) is 5.97. The summed E-state index contributed by atoms with van der Waals surface area (Å²) in [6, 6.07) is 20.4. The average molecular weight is 461 g/mol. The van der Waals surface area contributed by atoms with Crippen LogP contribution in [-0.2, 0) is 0 Å². The zero-order valence-electron chi connectivity index (χ0n) is 19.4. The van der Waals surface area contributed by atoms with Crippen molar-refractivity contribution in [3.05, 3.63) is 60.7 Å². The average Bonchev–Trinajstić information content (AvgIpc) is 2.72. The lowest BCUT2D eigenvalue weighted by Gasteiger charge is -2.22. The lowest BCUT2D eigenvalue weighted by molar-refractivity contribution is 0.481. The quantitative estimate of drug-likeness (QED) is 0.320. The summed E-state index contributed by atoms with van der Waals surface area (Å²) in [4.78, 5) is 19.2. The van der Waals surface area contributed by atoms with Crippen LogP contribution in [0.4, 0.5) is 0 Å². The van der Waals surface area contributed by atoms with Crippen LogP contribution in [0.3, 0.4) is 0 Å². The van der Waals surface area contributed by atoms with Gasteiger partial charge in [0.1, 0.15) is 0 Å². The second-order valence-electron chi connectivity index (χ2n) is 9.57. The summed E-state index contributed by atoms with van der Waals surface area (Å²) in [6.45, 7) is 12.6. The molecule has 0 unspecified atom stereocenters. The maximum absolute atomic E-state index is 6.33. The van der Waals surface area contributed by atoms with E-state index in [2.05, 4.69) is 49.3 Å². The number of aromatic nitrogens is 4. The first-order valence-corrected chi connectivity index (χ1v) is 17.5. The van der Waals surface area contributed by atoms with E-state index in [0.29, 0.717) is 23.1 Å². The second kappa shape index (κ2) is 8.44. The second-order valence-corrected chi connectivity index (χ2v) is 18.4. The van der Waals surface area contributed by atoms with Crippen molar-refractivity contribution in [2.45, 2.75) is 39.3 Å². The summed E-state index contributed by atoms with van der Waals surface area (Å²) < 4.78 is 12.4. The van der Waals surface area contributed by atoms with Gasteiger partial charge < -0.3 is 8.85 Å². The number of fused-ring (bicyclic) bond motifs is 1. The number of rotatable bonds is 6. The van der Waals surface area contributed by atoms with Gasteiger partial charge >= 0.3 is 6.01 Å². The standard InChI is InChI=1S/C24H28N4O2Si2/c1-31(2,3)29-23-21-22(27-24(28-23)30-32(4,5)6)26-20(18-15-11-8-12-16-18)19(25-21)17-13-9-7-10-14-17/h7-16H,1-6H3. The Hall–Kier alpha value is -3.11. The van der Waals surface area contributed by atoms with Crippen LogP contribution in [0.25, 0.3) is 33.7 Å². The van der Waals surface area contributed by atoms with E-state index in [1.165, 1.54) is 0 Å². The topological polar surface area (TPSA) is 70.0 Å². The molecule has 0 fully saturated rings. The van der Waals surface area contributed by atoms with Crippen molar-refractivity contribution in [2.24, 2.45) is 0 Å². The molecule has 2 aromatic carbocycles. The zero-order valence-corrected chi connectivity index (χ0v) is 21.4. The third-order valence-electron chi connectivity index (χ3n) is 4.37. The Morgan fingerprint density at radius 1 is 0.562 bits per heavy atom. The lowest BCUT2D eigenvalue weighted by atomic mass is 10.0. The number of hydrogen-bond acceptors (Lipinski definition) is 6. The fourth-order valence-corrected chi connectivity index (χ4v) is 4.54. The zero-order chi connectivity index (χ0) is 22.9. The Morgan fingerprint density at radius 2 is 1.06 bits per heavy atom. The van der Waals surface area contributed by atoms with Gasteiger partial charge in [-0.25, -0.2) is 9.97 Å². The van der Waals surface area contributed by atoms with Gasteiger partial charge in [0.25, 0.3) is 0 Å². The molecule has 0 spiro atoms. The number of nitrogens with zero attached hydrogens (tertiary/aromatic N) is 4. The van der Waals surface area contributed by atoms with Crippen LogP contribution in [0.2, 0.25) is 39.3 Å². The van der Waals surface area contributed by atoms with E-state index in [-0.39, 0.29) is 0 Å². The molecule has 0 aliphatic carbocycles. The van der Waals surface area contributed by atoms with Gasteiger partial charge in [0.2, 0.25) is 22.5 Å². The molecule has 2 aromatic heterocycles. The third kappa shape index (κ3) is 5.20. The molecule has 0 saturated carbocycles. The van der Waals surface area contributed by atoms with Crippen LogP contribution >= 0.6 is 0 Å². The van der Waals surface area contributed by atoms with Crippen molar-refractivity contribution in [3.63, 3.8) is 0 Å². The van der Waals surface area contributed by atoms with Crippen LogP contribution in [0, 0.1) is 0 Å². The van der Waals surface area contributed by atoms with Gasteiger partial charge in [-0.05, 0) is 39.3 Å².